The van der Waals surface area contributed by atoms with Gasteiger partial charge in [0.15, 0.2) is 0 Å². The Morgan fingerprint density at radius 1 is 1.00 bits per heavy atom. The molecular weight excluding hydrogens is 391 g/mol. The largest absolute Gasteiger partial charge is 0.419 e. The van der Waals surface area contributed by atoms with E-state index in [9.17, 15) is 12.8 Å². The number of hydrogen-bond acceptors (Lipinski definition) is 5. The molecule has 0 unspecified atom stereocenters. The van der Waals surface area contributed by atoms with Crippen molar-refractivity contribution in [3.8, 4) is 11.5 Å². The fourth-order valence-corrected chi connectivity index (χ4v) is 4.48. The fourth-order valence-electron chi connectivity index (χ4n) is 3.03. The third-order valence-electron chi connectivity index (χ3n) is 4.44. The van der Waals surface area contributed by atoms with Gasteiger partial charge in [-0.1, -0.05) is 11.6 Å². The van der Waals surface area contributed by atoms with E-state index in [2.05, 4.69) is 4.98 Å². The quantitative estimate of drug-likeness (QED) is 0.635. The molecule has 2 aromatic carbocycles. The average Bonchev–Trinajstić information content (AvgIpc) is 3.32. The summed E-state index contributed by atoms with van der Waals surface area (Å²) in [4.78, 5) is 6.24. The molecule has 1 aliphatic rings. The van der Waals surface area contributed by atoms with Crippen LogP contribution in [0.2, 0.25) is 5.02 Å². The summed E-state index contributed by atoms with van der Waals surface area (Å²) in [5, 5.41) is 0.312. The summed E-state index contributed by atoms with van der Waals surface area (Å²) in [6, 6.07) is 11.5. The summed E-state index contributed by atoms with van der Waals surface area (Å²) in [5.41, 5.74) is 0.509. The monoisotopic (exact) mass is 406 g/mol. The number of hydrogen-bond donors (Lipinski definition) is 0. The molecular formula is C19H16ClFN2O3S. The van der Waals surface area contributed by atoms with Gasteiger partial charge in [-0.25, -0.2) is 12.8 Å². The van der Waals surface area contributed by atoms with Crippen LogP contribution in [0.15, 0.2) is 62.9 Å². The fraction of sp³-hybridized carbons (Fsp3) is 0.211. The Morgan fingerprint density at radius 2 is 1.63 bits per heavy atom. The molecule has 1 saturated heterocycles. The molecule has 0 bridgehead atoms. The first-order valence-corrected chi connectivity index (χ1v) is 10.3. The number of benzene rings is 2. The Morgan fingerprint density at radius 3 is 2.26 bits per heavy atom. The van der Waals surface area contributed by atoms with E-state index in [-0.39, 0.29) is 27.5 Å². The van der Waals surface area contributed by atoms with Gasteiger partial charge in [0.05, 0.1) is 4.90 Å². The van der Waals surface area contributed by atoms with Crippen molar-refractivity contribution in [2.24, 2.45) is 0 Å². The van der Waals surface area contributed by atoms with Gasteiger partial charge in [0.25, 0.3) is 0 Å². The lowest BCUT2D eigenvalue weighted by Gasteiger charge is -2.14. The second kappa shape index (κ2) is 6.98. The molecule has 0 aliphatic carbocycles. The van der Waals surface area contributed by atoms with Crippen LogP contribution in [0, 0.1) is 5.82 Å². The van der Waals surface area contributed by atoms with E-state index >= 15 is 0 Å². The lowest BCUT2D eigenvalue weighted by molar-refractivity contribution is 0.556. The van der Waals surface area contributed by atoms with E-state index in [1.807, 2.05) is 4.90 Å². The van der Waals surface area contributed by atoms with Gasteiger partial charge in [0.2, 0.25) is 26.6 Å². The predicted molar refractivity (Wildman–Crippen MR) is 100 cm³/mol. The zero-order chi connectivity index (χ0) is 19.0. The van der Waals surface area contributed by atoms with Crippen LogP contribution < -0.4 is 4.90 Å². The van der Waals surface area contributed by atoms with Gasteiger partial charge < -0.3 is 9.32 Å². The second-order valence-corrected chi connectivity index (χ2v) is 8.59. The smallest absolute Gasteiger partial charge is 0.236 e. The van der Waals surface area contributed by atoms with E-state index in [4.69, 9.17) is 16.0 Å². The number of anilines is 1. The topological polar surface area (TPSA) is 63.4 Å². The van der Waals surface area contributed by atoms with Crippen molar-refractivity contribution < 1.29 is 17.2 Å². The van der Waals surface area contributed by atoms with Gasteiger partial charge in [-0.05, 0) is 61.4 Å². The molecule has 1 aromatic heterocycles. The van der Waals surface area contributed by atoms with Gasteiger partial charge in [0.1, 0.15) is 5.82 Å². The highest BCUT2D eigenvalue weighted by atomic mass is 35.5. The van der Waals surface area contributed by atoms with E-state index in [1.54, 1.807) is 0 Å². The maximum Gasteiger partial charge on any atom is 0.236 e. The van der Waals surface area contributed by atoms with E-state index in [1.165, 1.54) is 48.5 Å². The highest BCUT2D eigenvalue weighted by molar-refractivity contribution is 7.91. The molecule has 2 heterocycles. The standard InChI is InChI=1S/C19H16ClFN2O3S/c20-14-5-9-16(10-6-14)27(24,25)18-19(23-11-1-2-12-23)26-17(22-18)13-3-7-15(21)8-4-13/h3-10H,1-2,11-12H2. The predicted octanol–water partition coefficient (Wildman–Crippen LogP) is 4.57. The SMILES string of the molecule is O=S(=O)(c1ccc(Cl)cc1)c1nc(-c2ccc(F)cc2)oc1N1CCCC1. The van der Waals surface area contributed by atoms with Gasteiger partial charge >= 0.3 is 0 Å². The number of oxazole rings is 1. The summed E-state index contributed by atoms with van der Waals surface area (Å²) < 4.78 is 45.4. The second-order valence-electron chi connectivity index (χ2n) is 6.29. The maximum atomic E-state index is 13.2. The van der Waals surface area contributed by atoms with Crippen LogP contribution in [0.3, 0.4) is 0 Å². The van der Waals surface area contributed by atoms with Crippen LogP contribution in [0.5, 0.6) is 0 Å². The molecule has 0 radical (unpaired) electrons. The zero-order valence-corrected chi connectivity index (χ0v) is 15.8. The van der Waals surface area contributed by atoms with Crippen LogP contribution in [0.1, 0.15) is 12.8 Å². The van der Waals surface area contributed by atoms with Crippen molar-refractivity contribution in [2.75, 3.05) is 18.0 Å². The summed E-state index contributed by atoms with van der Waals surface area (Å²) in [6.07, 6.45) is 1.90. The van der Waals surface area contributed by atoms with E-state index in [0.717, 1.165) is 12.8 Å². The third kappa shape index (κ3) is 3.44. The average molecular weight is 407 g/mol. The molecule has 140 valence electrons. The van der Waals surface area contributed by atoms with Gasteiger partial charge in [-0.15, -0.1) is 0 Å². The van der Waals surface area contributed by atoms with Crippen molar-refractivity contribution in [1.29, 1.82) is 0 Å². The third-order valence-corrected chi connectivity index (χ3v) is 6.36. The number of nitrogens with zero attached hydrogens (tertiary/aromatic N) is 2. The summed E-state index contributed by atoms with van der Waals surface area (Å²) in [6.45, 7) is 1.39. The minimum atomic E-state index is -3.90. The minimum Gasteiger partial charge on any atom is -0.419 e. The van der Waals surface area contributed by atoms with Crippen LogP contribution in [0.25, 0.3) is 11.5 Å². The van der Waals surface area contributed by atoms with Crippen molar-refractivity contribution in [1.82, 2.24) is 4.98 Å². The Balaban J connectivity index is 1.85. The first kappa shape index (κ1) is 18.0. The molecule has 0 saturated carbocycles. The van der Waals surface area contributed by atoms with Crippen LogP contribution in [-0.4, -0.2) is 26.5 Å². The summed E-state index contributed by atoms with van der Waals surface area (Å²) >= 11 is 5.87. The molecule has 3 aromatic rings. The Hall–Kier alpha value is -2.38. The number of sulfone groups is 1. The molecule has 1 fully saturated rings. The molecule has 4 rings (SSSR count). The molecule has 8 heteroatoms. The zero-order valence-electron chi connectivity index (χ0n) is 14.2. The Bertz CT molecular complexity index is 1060. The van der Waals surface area contributed by atoms with Crippen molar-refractivity contribution in [2.45, 2.75) is 22.8 Å². The van der Waals surface area contributed by atoms with Gasteiger partial charge in [-0.2, -0.15) is 4.98 Å². The van der Waals surface area contributed by atoms with E-state index in [0.29, 0.717) is 23.7 Å². The molecule has 1 aliphatic heterocycles. The van der Waals surface area contributed by atoms with Gasteiger partial charge in [0, 0.05) is 23.7 Å². The number of aromatic nitrogens is 1. The van der Waals surface area contributed by atoms with Crippen LogP contribution >= 0.6 is 11.6 Å². The minimum absolute atomic E-state index is 0.0892. The molecule has 0 spiro atoms. The van der Waals surface area contributed by atoms with Crippen molar-refractivity contribution in [3.05, 3.63) is 59.4 Å². The Labute approximate surface area is 161 Å². The first-order chi connectivity index (χ1) is 12.9. The summed E-state index contributed by atoms with van der Waals surface area (Å²) in [5.74, 6) is -0.0229. The van der Waals surface area contributed by atoms with E-state index < -0.39 is 9.84 Å². The van der Waals surface area contributed by atoms with Gasteiger partial charge in [-0.3, -0.25) is 0 Å². The molecule has 0 N–H and O–H groups in total. The first-order valence-electron chi connectivity index (χ1n) is 8.47. The normalized spacial score (nSPS) is 14.7. The van der Waals surface area contributed by atoms with Crippen LogP contribution in [0.4, 0.5) is 10.3 Å². The molecule has 0 amide bonds. The molecule has 5 nitrogen and oxygen atoms in total. The van der Waals surface area contributed by atoms with Crippen molar-refractivity contribution in [3.63, 3.8) is 0 Å². The number of rotatable bonds is 4. The number of halogens is 2. The molecule has 27 heavy (non-hydrogen) atoms. The highest BCUT2D eigenvalue weighted by Gasteiger charge is 2.32. The van der Waals surface area contributed by atoms with Crippen LogP contribution in [-0.2, 0) is 9.84 Å². The lowest BCUT2D eigenvalue weighted by atomic mass is 10.2. The van der Waals surface area contributed by atoms with Crippen molar-refractivity contribution >= 4 is 27.3 Å². The lowest BCUT2D eigenvalue weighted by Crippen LogP contribution is -2.19. The summed E-state index contributed by atoms with van der Waals surface area (Å²) in [7, 11) is -3.90. The highest BCUT2D eigenvalue weighted by Crippen LogP contribution is 2.36. The Kier molecular flexibility index (Phi) is 4.65. The molecule has 0 atom stereocenters. The maximum absolute atomic E-state index is 13.2.